The van der Waals surface area contributed by atoms with Crippen LogP contribution in [0.25, 0.3) is 0 Å². The summed E-state index contributed by atoms with van der Waals surface area (Å²) in [5, 5.41) is 4.95. The van der Waals surface area contributed by atoms with Crippen molar-refractivity contribution in [3.8, 4) is 0 Å². The predicted molar refractivity (Wildman–Crippen MR) is 75.0 cm³/mol. The molecule has 2 N–H and O–H groups in total. The molecule has 1 fully saturated rings. The highest BCUT2D eigenvalue weighted by Crippen LogP contribution is 2.34. The molecule has 21 heavy (non-hydrogen) atoms. The lowest BCUT2D eigenvalue weighted by molar-refractivity contribution is -0.136. The van der Waals surface area contributed by atoms with Crippen LogP contribution in [0.2, 0.25) is 0 Å². The molecule has 1 aliphatic carbocycles. The van der Waals surface area contributed by atoms with Gasteiger partial charge in [0.2, 0.25) is 0 Å². The quantitative estimate of drug-likeness (QED) is 0.853. The molecule has 1 aliphatic rings. The van der Waals surface area contributed by atoms with Crippen molar-refractivity contribution < 1.29 is 18.0 Å². The lowest BCUT2D eigenvalue weighted by Gasteiger charge is -2.22. The van der Waals surface area contributed by atoms with Crippen LogP contribution in [0.4, 0.5) is 23.7 Å². The van der Waals surface area contributed by atoms with Crippen molar-refractivity contribution in [1.29, 1.82) is 0 Å². The molecule has 0 saturated heterocycles. The summed E-state index contributed by atoms with van der Waals surface area (Å²) in [4.78, 5) is 11.7. The first kappa shape index (κ1) is 15.7. The molecule has 0 unspecified atom stereocenters. The molecule has 0 bridgehead atoms. The normalized spacial score (nSPS) is 16.5. The Morgan fingerprint density at radius 1 is 1.14 bits per heavy atom. The second kappa shape index (κ2) is 6.83. The van der Waals surface area contributed by atoms with Gasteiger partial charge in [0.05, 0.1) is 11.3 Å². The van der Waals surface area contributed by atoms with E-state index in [4.69, 9.17) is 0 Å². The molecule has 6 heteroatoms. The van der Waals surface area contributed by atoms with Crippen LogP contribution < -0.4 is 10.6 Å². The number of amides is 2. The highest BCUT2D eigenvalue weighted by Gasteiger charge is 2.33. The molecule has 2 rings (SSSR count). The standard InChI is InChI=1S/C15H19F3N2O/c16-15(17,18)12-8-4-5-9-13(12)20-14(21)19-10-11-6-2-1-3-7-11/h4-5,8-9,11H,1-3,6-7,10H2,(H2,19,20,21). The highest BCUT2D eigenvalue weighted by atomic mass is 19.4. The summed E-state index contributed by atoms with van der Waals surface area (Å²) in [5.41, 5.74) is -1.05. The largest absolute Gasteiger partial charge is 0.418 e. The summed E-state index contributed by atoms with van der Waals surface area (Å²) in [6.45, 7) is 0.514. The van der Waals surface area contributed by atoms with Crippen molar-refractivity contribution in [2.75, 3.05) is 11.9 Å². The van der Waals surface area contributed by atoms with E-state index in [0.29, 0.717) is 12.5 Å². The van der Waals surface area contributed by atoms with Crippen LogP contribution in [-0.2, 0) is 6.18 Å². The number of carbonyl (C=O) groups is 1. The number of rotatable bonds is 3. The molecule has 1 saturated carbocycles. The Hall–Kier alpha value is -1.72. The van der Waals surface area contributed by atoms with Gasteiger partial charge in [0.1, 0.15) is 0 Å². The Kier molecular flexibility index (Phi) is 5.09. The molecule has 116 valence electrons. The van der Waals surface area contributed by atoms with Gasteiger partial charge in [0.15, 0.2) is 0 Å². The van der Waals surface area contributed by atoms with Crippen LogP contribution in [0.1, 0.15) is 37.7 Å². The predicted octanol–water partition coefficient (Wildman–Crippen LogP) is 4.41. The summed E-state index contributed by atoms with van der Waals surface area (Å²) < 4.78 is 38.4. The number of alkyl halides is 3. The van der Waals surface area contributed by atoms with E-state index in [1.54, 1.807) is 0 Å². The van der Waals surface area contributed by atoms with Crippen LogP contribution in [-0.4, -0.2) is 12.6 Å². The van der Waals surface area contributed by atoms with Gasteiger partial charge in [-0.25, -0.2) is 4.79 Å². The average Bonchev–Trinajstić information content (AvgIpc) is 2.46. The number of halogens is 3. The number of nitrogens with one attached hydrogen (secondary N) is 2. The van der Waals surface area contributed by atoms with Gasteiger partial charge in [-0.2, -0.15) is 13.2 Å². The number of para-hydroxylation sites is 1. The van der Waals surface area contributed by atoms with E-state index in [9.17, 15) is 18.0 Å². The van der Waals surface area contributed by atoms with Crippen molar-refractivity contribution in [2.24, 2.45) is 5.92 Å². The van der Waals surface area contributed by atoms with Gasteiger partial charge in [-0.15, -0.1) is 0 Å². The first-order valence-corrected chi connectivity index (χ1v) is 7.18. The van der Waals surface area contributed by atoms with Gasteiger partial charge in [0.25, 0.3) is 0 Å². The highest BCUT2D eigenvalue weighted by molar-refractivity contribution is 5.90. The monoisotopic (exact) mass is 300 g/mol. The third kappa shape index (κ3) is 4.65. The lowest BCUT2D eigenvalue weighted by atomic mass is 9.89. The molecule has 3 nitrogen and oxygen atoms in total. The van der Waals surface area contributed by atoms with E-state index in [2.05, 4.69) is 10.6 Å². The fourth-order valence-electron chi connectivity index (χ4n) is 2.63. The number of urea groups is 1. The van der Waals surface area contributed by atoms with Crippen molar-refractivity contribution >= 4 is 11.7 Å². The number of hydrogen-bond acceptors (Lipinski definition) is 1. The Morgan fingerprint density at radius 2 is 1.81 bits per heavy atom. The average molecular weight is 300 g/mol. The van der Waals surface area contributed by atoms with E-state index in [1.807, 2.05) is 0 Å². The van der Waals surface area contributed by atoms with Gasteiger partial charge in [-0.1, -0.05) is 31.4 Å². The number of benzene rings is 1. The van der Waals surface area contributed by atoms with Crippen LogP contribution >= 0.6 is 0 Å². The molecule has 0 aromatic heterocycles. The zero-order chi connectivity index (χ0) is 15.3. The summed E-state index contributed by atoms with van der Waals surface area (Å²) in [6, 6.07) is 4.39. The smallest absolute Gasteiger partial charge is 0.338 e. The maximum absolute atomic E-state index is 12.8. The van der Waals surface area contributed by atoms with Crippen molar-refractivity contribution in [3.63, 3.8) is 0 Å². The summed E-state index contributed by atoms with van der Waals surface area (Å²) in [6.07, 6.45) is 1.20. The first-order valence-electron chi connectivity index (χ1n) is 7.18. The Morgan fingerprint density at radius 3 is 2.48 bits per heavy atom. The lowest BCUT2D eigenvalue weighted by Crippen LogP contribution is -2.34. The summed E-state index contributed by atoms with van der Waals surface area (Å²) >= 11 is 0. The van der Waals surface area contributed by atoms with E-state index >= 15 is 0 Å². The minimum Gasteiger partial charge on any atom is -0.338 e. The SMILES string of the molecule is O=C(NCC1CCCCC1)Nc1ccccc1C(F)(F)F. The number of anilines is 1. The molecule has 0 atom stereocenters. The minimum atomic E-state index is -4.48. The Bertz CT molecular complexity index is 482. The molecule has 0 aliphatic heterocycles. The fraction of sp³-hybridized carbons (Fsp3) is 0.533. The van der Waals surface area contributed by atoms with Crippen molar-refractivity contribution in [2.45, 2.75) is 38.3 Å². The fourth-order valence-corrected chi connectivity index (χ4v) is 2.63. The third-order valence-corrected chi connectivity index (χ3v) is 3.76. The topological polar surface area (TPSA) is 41.1 Å². The van der Waals surface area contributed by atoms with Gasteiger partial charge >= 0.3 is 12.2 Å². The maximum Gasteiger partial charge on any atom is 0.418 e. The van der Waals surface area contributed by atoms with E-state index in [1.165, 1.54) is 24.6 Å². The molecule has 1 aromatic rings. The molecule has 0 radical (unpaired) electrons. The van der Waals surface area contributed by atoms with Crippen LogP contribution in [0.15, 0.2) is 24.3 Å². The summed E-state index contributed by atoms with van der Waals surface area (Å²) in [5.74, 6) is 0.433. The molecule has 1 aromatic carbocycles. The molecular formula is C15H19F3N2O. The summed E-state index contributed by atoms with van der Waals surface area (Å²) in [7, 11) is 0. The van der Waals surface area contributed by atoms with Gasteiger partial charge in [-0.3, -0.25) is 0 Å². The number of carbonyl (C=O) groups excluding carboxylic acids is 1. The van der Waals surface area contributed by atoms with E-state index in [-0.39, 0.29) is 5.69 Å². The molecule has 2 amide bonds. The Balaban J connectivity index is 1.90. The van der Waals surface area contributed by atoms with Crippen LogP contribution in [0.5, 0.6) is 0 Å². The second-order valence-electron chi connectivity index (χ2n) is 5.38. The maximum atomic E-state index is 12.8. The van der Waals surface area contributed by atoms with Crippen molar-refractivity contribution in [3.05, 3.63) is 29.8 Å². The molecule has 0 spiro atoms. The zero-order valence-electron chi connectivity index (χ0n) is 11.7. The second-order valence-corrected chi connectivity index (χ2v) is 5.38. The van der Waals surface area contributed by atoms with Crippen molar-refractivity contribution in [1.82, 2.24) is 5.32 Å². The van der Waals surface area contributed by atoms with Gasteiger partial charge in [0, 0.05) is 6.54 Å². The van der Waals surface area contributed by atoms with Crippen LogP contribution in [0.3, 0.4) is 0 Å². The van der Waals surface area contributed by atoms with Crippen LogP contribution in [0, 0.1) is 5.92 Å². The van der Waals surface area contributed by atoms with Gasteiger partial charge in [-0.05, 0) is 30.9 Å². The van der Waals surface area contributed by atoms with E-state index in [0.717, 1.165) is 31.7 Å². The number of hydrogen-bond donors (Lipinski definition) is 2. The van der Waals surface area contributed by atoms with E-state index < -0.39 is 17.8 Å². The molecular weight excluding hydrogens is 281 g/mol. The minimum absolute atomic E-state index is 0.217. The first-order chi connectivity index (χ1) is 9.97. The van der Waals surface area contributed by atoms with Gasteiger partial charge < -0.3 is 10.6 Å². The Labute approximate surface area is 121 Å². The third-order valence-electron chi connectivity index (χ3n) is 3.76. The molecule has 0 heterocycles. The zero-order valence-corrected chi connectivity index (χ0v) is 11.7.